The highest BCUT2D eigenvalue weighted by Gasteiger charge is 1.82. The van der Waals surface area contributed by atoms with Crippen LogP contribution < -0.4 is 0 Å². The van der Waals surface area contributed by atoms with E-state index in [1.807, 2.05) is 13.2 Å². The third-order valence-corrected chi connectivity index (χ3v) is 1.65. The van der Waals surface area contributed by atoms with Crippen molar-refractivity contribution in [2.45, 2.75) is 20.0 Å². The quantitative estimate of drug-likeness (QED) is 0.416. The van der Waals surface area contributed by atoms with E-state index in [0.29, 0.717) is 0 Å². The van der Waals surface area contributed by atoms with Crippen LogP contribution in [0.5, 0.6) is 0 Å². The van der Waals surface area contributed by atoms with E-state index < -0.39 is 8.80 Å². The van der Waals surface area contributed by atoms with Crippen molar-refractivity contribution in [3.8, 4) is 0 Å². The van der Waals surface area contributed by atoms with Gasteiger partial charge in [-0.25, -0.2) is 0 Å². The van der Waals surface area contributed by atoms with Gasteiger partial charge in [-0.05, 0) is 6.92 Å². The summed E-state index contributed by atoms with van der Waals surface area (Å²) < 4.78 is 5.00. The van der Waals surface area contributed by atoms with Crippen molar-refractivity contribution in [3.05, 3.63) is 12.0 Å². The lowest BCUT2D eigenvalue weighted by molar-refractivity contribution is 0.270. The van der Waals surface area contributed by atoms with Crippen molar-refractivity contribution in [1.29, 1.82) is 0 Å². The molecule has 1 nitrogen and oxygen atoms in total. The third-order valence-electron chi connectivity index (χ3n) is 0.726. The van der Waals surface area contributed by atoms with E-state index in [9.17, 15) is 0 Å². The lowest BCUT2D eigenvalue weighted by Crippen LogP contribution is -1.92. The fraction of sp³-hybridized carbons (Fsp3) is 0.667. The van der Waals surface area contributed by atoms with Crippen molar-refractivity contribution in [1.82, 2.24) is 0 Å². The minimum Gasteiger partial charge on any atom is -0.502 e. The molecule has 0 N–H and O–H groups in total. The molecule has 0 spiro atoms. The summed E-state index contributed by atoms with van der Waals surface area (Å²) in [4.78, 5) is 0. The summed E-state index contributed by atoms with van der Waals surface area (Å²) in [5.74, 6) is 0. The molecule has 0 aliphatic rings. The molecule has 0 aromatic carbocycles. The summed E-state index contributed by atoms with van der Waals surface area (Å²) in [6.45, 7) is 7.30. The molecule has 8 heavy (non-hydrogen) atoms. The van der Waals surface area contributed by atoms with Crippen LogP contribution in [0.4, 0.5) is 0 Å². The molecule has 0 rings (SSSR count). The van der Waals surface area contributed by atoms with Gasteiger partial charge in [0.25, 0.3) is 0 Å². The molecule has 0 aromatic rings. The molecule has 0 saturated heterocycles. The van der Waals surface area contributed by atoms with Crippen LogP contribution in [0.2, 0.25) is 13.1 Å². The van der Waals surface area contributed by atoms with Crippen LogP contribution >= 0.6 is 0 Å². The lowest BCUT2D eigenvalue weighted by atomic mass is 10.9. The molecule has 0 aliphatic carbocycles. The van der Waals surface area contributed by atoms with Gasteiger partial charge in [-0.1, -0.05) is 18.8 Å². The predicted octanol–water partition coefficient (Wildman–Crippen LogP) is 1.56. The maximum Gasteiger partial charge on any atom is 0.0844 e. The van der Waals surface area contributed by atoms with E-state index >= 15 is 0 Å². The Hall–Kier alpha value is -0.243. The summed E-state index contributed by atoms with van der Waals surface area (Å²) in [5.41, 5.74) is 2.17. The minimum atomic E-state index is -0.508. The summed E-state index contributed by atoms with van der Waals surface area (Å²) in [6, 6.07) is 0. The Labute approximate surface area is 53.0 Å². The van der Waals surface area contributed by atoms with Crippen molar-refractivity contribution in [2.75, 3.05) is 6.61 Å². The monoisotopic (exact) mass is 130 g/mol. The first-order valence-corrected chi connectivity index (χ1v) is 6.03. The van der Waals surface area contributed by atoms with Crippen LogP contribution in [-0.2, 0) is 4.74 Å². The lowest BCUT2D eigenvalue weighted by Gasteiger charge is -1.92. The number of hydrogen-bond donors (Lipinski definition) is 0. The molecular formula is C6H14OSi. The Balaban J connectivity index is 3.07. The smallest absolute Gasteiger partial charge is 0.0844 e. The topological polar surface area (TPSA) is 9.23 Å². The van der Waals surface area contributed by atoms with E-state index in [2.05, 4.69) is 18.8 Å². The molecule has 48 valence electrons. The van der Waals surface area contributed by atoms with Gasteiger partial charge in [0.15, 0.2) is 0 Å². The van der Waals surface area contributed by atoms with Gasteiger partial charge in [0, 0.05) is 0 Å². The second-order valence-electron chi connectivity index (χ2n) is 2.03. The highest BCUT2D eigenvalue weighted by molar-refractivity contribution is 6.61. The fourth-order valence-corrected chi connectivity index (χ4v) is 0.734. The Kier molecular flexibility index (Phi) is 4.76. The fourth-order valence-electron chi connectivity index (χ4n) is 0.309. The number of hydrogen-bond acceptors (Lipinski definition) is 1. The SMILES string of the molecule is CCO/C=C\[SiH](C)C. The van der Waals surface area contributed by atoms with Crippen LogP contribution in [0.3, 0.4) is 0 Å². The molecule has 0 amide bonds. The van der Waals surface area contributed by atoms with Crippen molar-refractivity contribution in [2.24, 2.45) is 0 Å². The summed E-state index contributed by atoms with van der Waals surface area (Å²) in [5, 5.41) is 0. The molecule has 0 bridgehead atoms. The summed E-state index contributed by atoms with van der Waals surface area (Å²) >= 11 is 0. The van der Waals surface area contributed by atoms with E-state index in [4.69, 9.17) is 4.74 Å². The van der Waals surface area contributed by atoms with Gasteiger partial charge in [-0.3, -0.25) is 0 Å². The molecule has 0 unspecified atom stereocenters. The van der Waals surface area contributed by atoms with Gasteiger partial charge in [0.05, 0.1) is 21.7 Å². The summed E-state index contributed by atoms with van der Waals surface area (Å²) in [6.07, 6.45) is 1.82. The van der Waals surface area contributed by atoms with E-state index in [-0.39, 0.29) is 0 Å². The molecule has 0 heterocycles. The van der Waals surface area contributed by atoms with Gasteiger partial charge >= 0.3 is 0 Å². The van der Waals surface area contributed by atoms with Gasteiger partial charge < -0.3 is 4.74 Å². The van der Waals surface area contributed by atoms with Gasteiger partial charge in [0.1, 0.15) is 0 Å². The van der Waals surface area contributed by atoms with E-state index in [0.717, 1.165) is 6.61 Å². The predicted molar refractivity (Wildman–Crippen MR) is 39.6 cm³/mol. The Morgan fingerprint density at radius 3 is 2.50 bits per heavy atom. The molecule has 0 aliphatic heterocycles. The zero-order valence-corrected chi connectivity index (χ0v) is 7.00. The van der Waals surface area contributed by atoms with Crippen LogP contribution in [0.25, 0.3) is 0 Å². The first kappa shape index (κ1) is 7.76. The molecule has 0 radical (unpaired) electrons. The zero-order chi connectivity index (χ0) is 6.41. The minimum absolute atomic E-state index is 0.508. The van der Waals surface area contributed by atoms with E-state index in [1.165, 1.54) is 0 Å². The van der Waals surface area contributed by atoms with E-state index in [1.54, 1.807) is 0 Å². The standard InChI is InChI=1S/C6H14OSi/c1-4-7-5-6-8(2)3/h5-6,8H,4H2,1-3H3/b6-5-. The Bertz CT molecular complexity index is 68.9. The van der Waals surface area contributed by atoms with Crippen LogP contribution in [0.15, 0.2) is 12.0 Å². The molecule has 0 atom stereocenters. The highest BCUT2D eigenvalue weighted by Crippen LogP contribution is 1.82. The van der Waals surface area contributed by atoms with Crippen LogP contribution in [-0.4, -0.2) is 15.4 Å². The second kappa shape index (κ2) is 4.90. The van der Waals surface area contributed by atoms with Gasteiger partial charge in [-0.2, -0.15) is 0 Å². The molecule has 0 aromatic heterocycles. The first-order chi connectivity index (χ1) is 3.77. The van der Waals surface area contributed by atoms with Crippen molar-refractivity contribution in [3.63, 3.8) is 0 Å². The zero-order valence-electron chi connectivity index (χ0n) is 5.85. The van der Waals surface area contributed by atoms with Crippen LogP contribution in [0, 0.1) is 0 Å². The molecule has 2 heteroatoms. The number of rotatable bonds is 3. The maximum absolute atomic E-state index is 5.00. The third kappa shape index (κ3) is 5.76. The maximum atomic E-state index is 5.00. The molecule has 0 fully saturated rings. The number of ether oxygens (including phenoxy) is 1. The van der Waals surface area contributed by atoms with Crippen molar-refractivity contribution >= 4 is 8.80 Å². The van der Waals surface area contributed by atoms with Gasteiger partial charge in [-0.15, -0.1) is 0 Å². The van der Waals surface area contributed by atoms with Crippen molar-refractivity contribution < 1.29 is 4.74 Å². The largest absolute Gasteiger partial charge is 0.502 e. The second-order valence-corrected chi connectivity index (χ2v) is 4.90. The van der Waals surface area contributed by atoms with Crippen LogP contribution in [0.1, 0.15) is 6.92 Å². The molecule has 0 saturated carbocycles. The Morgan fingerprint density at radius 2 is 2.12 bits per heavy atom. The summed E-state index contributed by atoms with van der Waals surface area (Å²) in [7, 11) is -0.508. The molecular weight excluding hydrogens is 116 g/mol. The average Bonchev–Trinajstić information content (AvgIpc) is 1.66. The Morgan fingerprint density at radius 1 is 1.50 bits per heavy atom. The average molecular weight is 130 g/mol. The first-order valence-electron chi connectivity index (χ1n) is 3.05. The van der Waals surface area contributed by atoms with Gasteiger partial charge in [0.2, 0.25) is 0 Å². The highest BCUT2D eigenvalue weighted by atomic mass is 28.3. The normalized spacial score (nSPS) is 11.0.